The molecule has 0 radical (unpaired) electrons. The number of halogens is 1. The number of benzene rings is 2. The van der Waals surface area contributed by atoms with Gasteiger partial charge in [-0.2, -0.15) is 0 Å². The average Bonchev–Trinajstić information content (AvgIpc) is 2.68. The Labute approximate surface area is 174 Å². The normalized spacial score (nSPS) is 15.7. The van der Waals surface area contributed by atoms with E-state index in [0.717, 1.165) is 37.8 Å². The average molecular weight is 437 g/mol. The van der Waals surface area contributed by atoms with Crippen LogP contribution in [0.15, 0.2) is 41.3 Å². The number of methoxy groups -OCH3 is 1. The number of nitrogens with one attached hydrogen (secondary N) is 1. The number of rotatable bonds is 7. The van der Waals surface area contributed by atoms with Crippen LogP contribution in [-0.2, 0) is 16.4 Å². The highest BCUT2D eigenvalue weighted by atomic mass is 32.2. The molecule has 0 aliphatic carbocycles. The number of piperidine rings is 1. The van der Waals surface area contributed by atoms with Gasteiger partial charge in [0, 0.05) is 31.9 Å². The van der Waals surface area contributed by atoms with E-state index in [2.05, 4.69) is 10.2 Å². The molecule has 1 N–H and O–H groups in total. The minimum absolute atomic E-state index is 0.0256. The van der Waals surface area contributed by atoms with Crippen LogP contribution in [0.4, 0.5) is 15.8 Å². The number of anilines is 1. The maximum absolute atomic E-state index is 13.9. The van der Waals surface area contributed by atoms with Crippen molar-refractivity contribution in [2.24, 2.45) is 0 Å². The van der Waals surface area contributed by atoms with E-state index in [-0.39, 0.29) is 22.4 Å². The predicted molar refractivity (Wildman–Crippen MR) is 111 cm³/mol. The summed E-state index contributed by atoms with van der Waals surface area (Å²) >= 11 is 0. The summed E-state index contributed by atoms with van der Waals surface area (Å²) in [6.45, 7) is 2.05. The van der Waals surface area contributed by atoms with Crippen LogP contribution in [-0.4, -0.2) is 50.7 Å². The van der Waals surface area contributed by atoms with Gasteiger partial charge in [-0.1, -0.05) is 12.1 Å². The fourth-order valence-corrected chi connectivity index (χ4v) is 4.51. The van der Waals surface area contributed by atoms with Gasteiger partial charge in [0.15, 0.2) is 21.4 Å². The van der Waals surface area contributed by atoms with Crippen molar-refractivity contribution in [3.8, 4) is 5.75 Å². The van der Waals surface area contributed by atoms with Crippen molar-refractivity contribution >= 4 is 21.2 Å². The van der Waals surface area contributed by atoms with Gasteiger partial charge in [0.25, 0.3) is 0 Å². The largest absolute Gasteiger partial charge is 0.494 e. The zero-order chi connectivity index (χ0) is 21.9. The van der Waals surface area contributed by atoms with Gasteiger partial charge in [0.1, 0.15) is 10.6 Å². The second kappa shape index (κ2) is 8.97. The predicted octanol–water partition coefficient (Wildman–Crippen LogP) is 3.22. The maximum atomic E-state index is 13.9. The van der Waals surface area contributed by atoms with E-state index in [1.165, 1.54) is 31.4 Å². The summed E-state index contributed by atoms with van der Waals surface area (Å²) < 4.78 is 42.6. The summed E-state index contributed by atoms with van der Waals surface area (Å²) in [4.78, 5) is 12.7. The lowest BCUT2D eigenvalue weighted by atomic mass is 10.0. The number of hydrogen-bond donors (Lipinski definition) is 1. The third kappa shape index (κ3) is 5.06. The number of nitrogens with zero attached hydrogens (tertiary/aromatic N) is 2. The van der Waals surface area contributed by atoms with Crippen molar-refractivity contribution in [3.63, 3.8) is 0 Å². The molecule has 0 atom stereocenters. The van der Waals surface area contributed by atoms with Crippen LogP contribution in [0.1, 0.15) is 18.4 Å². The van der Waals surface area contributed by atoms with Gasteiger partial charge in [-0.15, -0.1) is 0 Å². The highest BCUT2D eigenvalue weighted by Gasteiger charge is 2.28. The van der Waals surface area contributed by atoms with Crippen LogP contribution in [0.5, 0.6) is 5.75 Å². The highest BCUT2D eigenvalue weighted by molar-refractivity contribution is 7.90. The van der Waals surface area contributed by atoms with Crippen molar-refractivity contribution in [2.75, 3.05) is 31.8 Å². The first-order valence-electron chi connectivity index (χ1n) is 9.48. The van der Waals surface area contributed by atoms with Gasteiger partial charge in [-0.25, -0.2) is 12.8 Å². The molecular weight excluding hydrogens is 413 g/mol. The maximum Gasteiger partial charge on any atom is 0.310 e. The monoisotopic (exact) mass is 437 g/mol. The lowest BCUT2D eigenvalue weighted by Crippen LogP contribution is -2.38. The Morgan fingerprint density at radius 2 is 1.97 bits per heavy atom. The van der Waals surface area contributed by atoms with Crippen molar-refractivity contribution < 1.29 is 22.5 Å². The third-order valence-electron chi connectivity index (χ3n) is 5.15. The Kier molecular flexibility index (Phi) is 6.57. The Hall–Kier alpha value is -2.72. The summed E-state index contributed by atoms with van der Waals surface area (Å²) in [5, 5.41) is 14.7. The van der Waals surface area contributed by atoms with Crippen molar-refractivity contribution in [3.05, 3.63) is 57.9 Å². The molecular formula is C20H24FN3O5S. The van der Waals surface area contributed by atoms with Crippen molar-refractivity contribution in [1.82, 2.24) is 4.90 Å². The van der Waals surface area contributed by atoms with E-state index in [1.807, 2.05) is 6.07 Å². The van der Waals surface area contributed by atoms with Crippen LogP contribution in [0.2, 0.25) is 0 Å². The molecule has 8 nitrogen and oxygen atoms in total. The molecule has 1 saturated heterocycles. The second-order valence-corrected chi connectivity index (χ2v) is 9.33. The highest BCUT2D eigenvalue weighted by Crippen LogP contribution is 2.33. The molecule has 10 heteroatoms. The van der Waals surface area contributed by atoms with Gasteiger partial charge in [-0.3, -0.25) is 15.0 Å². The van der Waals surface area contributed by atoms with Crippen LogP contribution < -0.4 is 10.1 Å². The number of likely N-dealkylation sites (tertiary alicyclic amines) is 1. The summed E-state index contributed by atoms with van der Waals surface area (Å²) in [6, 6.07) is 9.14. The van der Waals surface area contributed by atoms with Gasteiger partial charge in [-0.05, 0) is 42.7 Å². The molecule has 30 heavy (non-hydrogen) atoms. The number of ether oxygens (including phenoxy) is 1. The van der Waals surface area contributed by atoms with E-state index in [0.29, 0.717) is 6.54 Å². The van der Waals surface area contributed by atoms with Gasteiger partial charge in [0.2, 0.25) is 0 Å². The first-order valence-corrected chi connectivity index (χ1v) is 11.4. The van der Waals surface area contributed by atoms with Gasteiger partial charge in [0.05, 0.1) is 12.0 Å². The molecule has 1 aliphatic rings. The fourth-order valence-electron chi connectivity index (χ4n) is 3.65. The van der Waals surface area contributed by atoms with Crippen LogP contribution in [0, 0.1) is 15.9 Å². The van der Waals surface area contributed by atoms with E-state index >= 15 is 0 Å². The van der Waals surface area contributed by atoms with E-state index in [1.54, 1.807) is 6.07 Å². The SMILES string of the molecule is COc1ccc(CN2CCC(Nc3cccc(S(C)(=O)=O)c3[N+](=O)[O-])CC2)cc1F. The molecule has 162 valence electrons. The molecule has 1 fully saturated rings. The molecule has 0 bridgehead atoms. The molecule has 2 aromatic rings. The Morgan fingerprint density at radius 3 is 2.53 bits per heavy atom. The lowest BCUT2D eigenvalue weighted by molar-refractivity contribution is -0.386. The fraction of sp³-hybridized carbons (Fsp3) is 0.400. The smallest absolute Gasteiger partial charge is 0.310 e. The topological polar surface area (TPSA) is 102 Å². The van der Waals surface area contributed by atoms with E-state index in [9.17, 15) is 22.9 Å². The Bertz CT molecular complexity index is 1040. The Balaban J connectivity index is 1.65. The van der Waals surface area contributed by atoms with Crippen LogP contribution >= 0.6 is 0 Å². The Morgan fingerprint density at radius 1 is 1.27 bits per heavy atom. The third-order valence-corrected chi connectivity index (χ3v) is 6.28. The van der Waals surface area contributed by atoms with Gasteiger partial charge < -0.3 is 10.1 Å². The van der Waals surface area contributed by atoms with Crippen molar-refractivity contribution in [2.45, 2.75) is 30.3 Å². The minimum atomic E-state index is -3.72. The summed E-state index contributed by atoms with van der Waals surface area (Å²) in [7, 11) is -2.30. The zero-order valence-corrected chi connectivity index (χ0v) is 17.6. The molecule has 2 aromatic carbocycles. The molecule has 1 heterocycles. The quantitative estimate of drug-likeness (QED) is 0.524. The minimum Gasteiger partial charge on any atom is -0.494 e. The number of para-hydroxylation sites is 1. The van der Waals surface area contributed by atoms with Crippen LogP contribution in [0.25, 0.3) is 0 Å². The molecule has 3 rings (SSSR count). The zero-order valence-electron chi connectivity index (χ0n) is 16.8. The number of nitro benzene ring substituents is 1. The standard InChI is InChI=1S/C20H24FN3O5S/c1-29-18-7-6-14(12-16(18)21)13-23-10-8-15(9-11-23)22-17-4-3-5-19(30(2,27)28)20(17)24(25)26/h3-7,12,15,22H,8-11,13H2,1-2H3. The molecule has 1 aliphatic heterocycles. The summed E-state index contributed by atoms with van der Waals surface area (Å²) in [5.41, 5.74) is 0.630. The van der Waals surface area contributed by atoms with Crippen LogP contribution in [0.3, 0.4) is 0 Å². The number of nitro groups is 1. The summed E-state index contributed by atoms with van der Waals surface area (Å²) in [6.07, 6.45) is 2.40. The second-order valence-electron chi connectivity index (χ2n) is 7.35. The number of sulfone groups is 1. The first kappa shape index (κ1) is 22.0. The number of hydrogen-bond acceptors (Lipinski definition) is 7. The lowest BCUT2D eigenvalue weighted by Gasteiger charge is -2.32. The molecule has 0 spiro atoms. The van der Waals surface area contributed by atoms with E-state index in [4.69, 9.17) is 4.74 Å². The molecule has 0 aromatic heterocycles. The van der Waals surface area contributed by atoms with Crippen molar-refractivity contribution in [1.29, 1.82) is 0 Å². The first-order chi connectivity index (χ1) is 14.2. The van der Waals surface area contributed by atoms with E-state index < -0.39 is 26.3 Å². The molecule has 0 saturated carbocycles. The molecule has 0 unspecified atom stereocenters. The summed E-state index contributed by atoms with van der Waals surface area (Å²) in [5.74, 6) is -0.191. The van der Waals surface area contributed by atoms with Gasteiger partial charge >= 0.3 is 5.69 Å². The molecule has 0 amide bonds.